The van der Waals surface area contributed by atoms with Gasteiger partial charge in [-0.25, -0.2) is 5.01 Å². The highest BCUT2D eigenvalue weighted by Gasteiger charge is 2.36. The molecule has 1 atom stereocenters. The first-order valence-corrected chi connectivity index (χ1v) is 12.6. The monoisotopic (exact) mass is 476 g/mol. The summed E-state index contributed by atoms with van der Waals surface area (Å²) in [6, 6.07) is 11.8. The first-order valence-electron chi connectivity index (χ1n) is 10.7. The van der Waals surface area contributed by atoms with Crippen molar-refractivity contribution in [1.82, 2.24) is 24.8 Å². The lowest BCUT2D eigenvalue weighted by atomic mass is 10.1. The van der Waals surface area contributed by atoms with Crippen molar-refractivity contribution in [3.05, 3.63) is 71.1 Å². The van der Waals surface area contributed by atoms with Crippen LogP contribution in [-0.2, 0) is 4.79 Å². The van der Waals surface area contributed by atoms with Crippen molar-refractivity contribution in [2.75, 3.05) is 5.75 Å². The van der Waals surface area contributed by atoms with Crippen molar-refractivity contribution in [3.63, 3.8) is 0 Å². The van der Waals surface area contributed by atoms with Gasteiger partial charge < -0.3 is 4.42 Å². The topological polar surface area (TPSA) is 89.4 Å². The largest absolute Gasteiger partial charge is 0.467 e. The Hall–Kier alpha value is -3.24. The van der Waals surface area contributed by atoms with Gasteiger partial charge in [0.2, 0.25) is 0 Å². The third-order valence-corrected chi connectivity index (χ3v) is 7.53. The number of aromatic nitrogens is 4. The van der Waals surface area contributed by atoms with Crippen LogP contribution in [0.1, 0.15) is 42.0 Å². The molecular weight excluding hydrogens is 456 g/mol. The van der Waals surface area contributed by atoms with E-state index in [1.54, 1.807) is 35.0 Å². The maximum atomic E-state index is 13.3. The van der Waals surface area contributed by atoms with Gasteiger partial charge in [-0.3, -0.25) is 14.3 Å². The number of thioether (sulfide) groups is 1. The molecule has 4 aromatic rings. The van der Waals surface area contributed by atoms with Gasteiger partial charge in [0.15, 0.2) is 11.0 Å². The summed E-state index contributed by atoms with van der Waals surface area (Å²) in [4.78, 5) is 18.5. The van der Waals surface area contributed by atoms with Gasteiger partial charge in [-0.15, -0.1) is 21.5 Å². The van der Waals surface area contributed by atoms with Gasteiger partial charge in [-0.2, -0.15) is 5.10 Å². The maximum Gasteiger partial charge on any atom is 0.253 e. The first-order chi connectivity index (χ1) is 16.3. The number of pyridine rings is 1. The lowest BCUT2D eigenvalue weighted by molar-refractivity contribution is -0.130. The second-order valence-corrected chi connectivity index (χ2v) is 9.82. The summed E-state index contributed by atoms with van der Waals surface area (Å²) in [6.45, 7) is 0. The molecule has 0 radical (unpaired) electrons. The van der Waals surface area contributed by atoms with Crippen LogP contribution < -0.4 is 0 Å². The number of carbonyl (C=O) groups is 1. The van der Waals surface area contributed by atoms with Crippen molar-refractivity contribution >= 4 is 34.7 Å². The molecule has 33 heavy (non-hydrogen) atoms. The van der Waals surface area contributed by atoms with Crippen molar-refractivity contribution in [2.45, 2.75) is 36.5 Å². The molecule has 0 bridgehead atoms. The summed E-state index contributed by atoms with van der Waals surface area (Å²) in [5.74, 6) is 1.70. The van der Waals surface area contributed by atoms with Gasteiger partial charge in [-0.05, 0) is 48.6 Å². The highest BCUT2D eigenvalue weighted by molar-refractivity contribution is 7.99. The number of rotatable bonds is 7. The van der Waals surface area contributed by atoms with Crippen molar-refractivity contribution < 1.29 is 9.21 Å². The zero-order valence-corrected chi connectivity index (χ0v) is 19.2. The van der Waals surface area contributed by atoms with E-state index in [2.05, 4.69) is 19.7 Å². The van der Waals surface area contributed by atoms with Crippen molar-refractivity contribution in [1.29, 1.82) is 0 Å². The normalized spacial score (nSPS) is 18.0. The number of amides is 1. The van der Waals surface area contributed by atoms with Gasteiger partial charge in [0, 0.05) is 30.4 Å². The molecule has 1 saturated carbocycles. The zero-order valence-electron chi connectivity index (χ0n) is 17.6. The summed E-state index contributed by atoms with van der Waals surface area (Å²) in [6.07, 6.45) is 7.97. The summed E-state index contributed by atoms with van der Waals surface area (Å²) >= 11 is 3.03. The summed E-state index contributed by atoms with van der Waals surface area (Å²) in [5.41, 5.74) is 1.89. The summed E-state index contributed by atoms with van der Waals surface area (Å²) < 4.78 is 7.79. The minimum absolute atomic E-state index is 0.0798. The van der Waals surface area contributed by atoms with E-state index in [1.165, 1.54) is 11.8 Å². The number of nitrogens with zero attached hydrogens (tertiary/aromatic N) is 6. The van der Waals surface area contributed by atoms with Gasteiger partial charge in [0.25, 0.3) is 5.91 Å². The predicted octanol–water partition coefficient (Wildman–Crippen LogP) is 4.80. The molecule has 0 aromatic carbocycles. The number of furan rings is 1. The Balaban J connectivity index is 1.23. The average Bonchev–Trinajstić information content (AvgIpc) is 3.34. The van der Waals surface area contributed by atoms with Gasteiger partial charge in [-0.1, -0.05) is 17.8 Å². The fourth-order valence-electron chi connectivity index (χ4n) is 3.96. The molecule has 10 heteroatoms. The number of thiophene rings is 1. The molecule has 4 aromatic heterocycles. The number of hydrogen-bond acceptors (Lipinski definition) is 8. The molecule has 6 rings (SSSR count). The Morgan fingerprint density at radius 1 is 1.15 bits per heavy atom. The van der Waals surface area contributed by atoms with Crippen LogP contribution in [0.2, 0.25) is 0 Å². The standard InChI is InChI=1S/C23H20N6O2S2/c30-21(29-18(19-3-1-11-31-19)13-17(27-29)20-4-2-12-32-20)14-33-23-26-25-22(28(23)16-5-6-16)15-7-9-24-10-8-15/h1-4,7-12,16,18H,5-6,13-14H2. The van der Waals surface area contributed by atoms with Gasteiger partial charge in [0.05, 0.1) is 22.6 Å². The summed E-state index contributed by atoms with van der Waals surface area (Å²) in [5, 5.41) is 17.9. The van der Waals surface area contributed by atoms with E-state index in [4.69, 9.17) is 9.52 Å². The second-order valence-electron chi connectivity index (χ2n) is 7.93. The van der Waals surface area contributed by atoms with Gasteiger partial charge >= 0.3 is 0 Å². The van der Waals surface area contributed by atoms with Crippen LogP contribution in [0, 0.1) is 0 Å². The van der Waals surface area contributed by atoms with E-state index in [1.807, 2.05) is 41.8 Å². The van der Waals surface area contributed by atoms with Crippen LogP contribution in [0.3, 0.4) is 0 Å². The fourth-order valence-corrected chi connectivity index (χ4v) is 5.54. The third-order valence-electron chi connectivity index (χ3n) is 5.68. The third kappa shape index (κ3) is 4.00. The molecule has 5 heterocycles. The van der Waals surface area contributed by atoms with Crippen molar-refractivity contribution in [3.8, 4) is 11.4 Å². The van der Waals surface area contributed by atoms with E-state index in [-0.39, 0.29) is 17.7 Å². The van der Waals surface area contributed by atoms with Crippen LogP contribution in [0.4, 0.5) is 0 Å². The van der Waals surface area contributed by atoms with E-state index in [9.17, 15) is 4.79 Å². The molecule has 1 unspecified atom stereocenters. The Morgan fingerprint density at radius 2 is 2.03 bits per heavy atom. The quantitative estimate of drug-likeness (QED) is 0.356. The van der Waals surface area contributed by atoms with Crippen LogP contribution in [0.15, 0.2) is 75.1 Å². The highest BCUT2D eigenvalue weighted by atomic mass is 32.2. The van der Waals surface area contributed by atoms with E-state index in [0.29, 0.717) is 12.5 Å². The van der Waals surface area contributed by atoms with Crippen LogP contribution in [-0.4, -0.2) is 42.1 Å². The Morgan fingerprint density at radius 3 is 2.76 bits per heavy atom. The molecular formula is C23H20N6O2S2. The Kier molecular flexibility index (Phi) is 5.31. The van der Waals surface area contributed by atoms with Crippen LogP contribution >= 0.6 is 23.1 Å². The minimum atomic E-state index is -0.237. The lowest BCUT2D eigenvalue weighted by Gasteiger charge is -2.19. The molecule has 1 amide bonds. The Bertz CT molecular complexity index is 1280. The number of hydrazone groups is 1. The van der Waals surface area contributed by atoms with Gasteiger partial charge in [0.1, 0.15) is 11.8 Å². The summed E-state index contributed by atoms with van der Waals surface area (Å²) in [7, 11) is 0. The van der Waals surface area contributed by atoms with Crippen molar-refractivity contribution in [2.24, 2.45) is 5.10 Å². The van der Waals surface area contributed by atoms with E-state index in [0.717, 1.165) is 45.7 Å². The molecule has 0 spiro atoms. The molecule has 1 aliphatic heterocycles. The molecule has 0 saturated heterocycles. The van der Waals surface area contributed by atoms with E-state index >= 15 is 0 Å². The Labute approximate surface area is 198 Å². The number of carbonyl (C=O) groups excluding carboxylic acids is 1. The first kappa shape index (κ1) is 20.4. The highest BCUT2D eigenvalue weighted by Crippen LogP contribution is 2.41. The molecule has 166 valence electrons. The molecule has 1 aliphatic carbocycles. The lowest BCUT2D eigenvalue weighted by Crippen LogP contribution is -2.28. The van der Waals surface area contributed by atoms with Crippen LogP contribution in [0.5, 0.6) is 0 Å². The molecule has 0 N–H and O–H groups in total. The average molecular weight is 477 g/mol. The minimum Gasteiger partial charge on any atom is -0.467 e. The predicted molar refractivity (Wildman–Crippen MR) is 126 cm³/mol. The molecule has 8 nitrogen and oxygen atoms in total. The van der Waals surface area contributed by atoms with Crippen LogP contribution in [0.25, 0.3) is 11.4 Å². The smallest absolute Gasteiger partial charge is 0.253 e. The zero-order chi connectivity index (χ0) is 22.2. The SMILES string of the molecule is O=C(CSc1nnc(-c2ccncc2)n1C1CC1)N1N=C(c2cccs2)CC1c1ccco1. The van der Waals surface area contributed by atoms with E-state index < -0.39 is 0 Å². The fraction of sp³-hybridized carbons (Fsp3) is 0.261. The second kappa shape index (κ2) is 8.60. The maximum absolute atomic E-state index is 13.3. The number of hydrogen-bond donors (Lipinski definition) is 0. The molecule has 1 fully saturated rings. The molecule has 2 aliphatic rings.